The summed E-state index contributed by atoms with van der Waals surface area (Å²) in [6.07, 6.45) is 0. The van der Waals surface area contributed by atoms with E-state index in [1.54, 1.807) is 18.2 Å². The SMILES string of the molecule is O=C(Nc1ccccc1F)c1cc(Br)ccc1I. The highest BCUT2D eigenvalue weighted by molar-refractivity contribution is 14.1. The number of para-hydroxylation sites is 1. The highest BCUT2D eigenvalue weighted by atomic mass is 127. The molecule has 0 aliphatic carbocycles. The summed E-state index contributed by atoms with van der Waals surface area (Å²) in [4.78, 5) is 12.0. The smallest absolute Gasteiger partial charge is 0.256 e. The van der Waals surface area contributed by atoms with Crippen molar-refractivity contribution in [1.29, 1.82) is 0 Å². The predicted molar refractivity (Wildman–Crippen MR) is 81.2 cm³/mol. The molecule has 0 saturated heterocycles. The largest absolute Gasteiger partial charge is 0.319 e. The number of amides is 1. The van der Waals surface area contributed by atoms with E-state index >= 15 is 0 Å². The van der Waals surface area contributed by atoms with Crippen molar-refractivity contribution in [3.05, 3.63) is 61.9 Å². The highest BCUT2D eigenvalue weighted by Crippen LogP contribution is 2.20. The van der Waals surface area contributed by atoms with Gasteiger partial charge < -0.3 is 5.32 Å². The second-order valence-corrected chi connectivity index (χ2v) is 5.64. The van der Waals surface area contributed by atoms with E-state index in [-0.39, 0.29) is 11.6 Å². The molecular formula is C13H8BrFINO. The quantitative estimate of drug-likeness (QED) is 0.716. The van der Waals surface area contributed by atoms with Gasteiger partial charge in [-0.15, -0.1) is 0 Å². The van der Waals surface area contributed by atoms with E-state index in [9.17, 15) is 9.18 Å². The van der Waals surface area contributed by atoms with Crippen molar-refractivity contribution < 1.29 is 9.18 Å². The minimum atomic E-state index is -0.448. The Hall–Kier alpha value is -0.950. The van der Waals surface area contributed by atoms with Gasteiger partial charge in [0, 0.05) is 8.04 Å². The van der Waals surface area contributed by atoms with Crippen molar-refractivity contribution in [2.75, 3.05) is 5.32 Å². The van der Waals surface area contributed by atoms with Crippen LogP contribution in [0.1, 0.15) is 10.4 Å². The van der Waals surface area contributed by atoms with Gasteiger partial charge in [-0.1, -0.05) is 28.1 Å². The average molecular weight is 420 g/mol. The molecule has 5 heteroatoms. The Morgan fingerprint density at radius 3 is 2.67 bits per heavy atom. The van der Waals surface area contributed by atoms with Gasteiger partial charge in [0.1, 0.15) is 5.82 Å². The Balaban J connectivity index is 2.28. The van der Waals surface area contributed by atoms with Gasteiger partial charge >= 0.3 is 0 Å². The molecule has 2 aromatic carbocycles. The average Bonchev–Trinajstić information content (AvgIpc) is 2.35. The van der Waals surface area contributed by atoms with Crippen LogP contribution in [0.2, 0.25) is 0 Å². The zero-order valence-electron chi connectivity index (χ0n) is 9.08. The van der Waals surface area contributed by atoms with Gasteiger partial charge in [0.2, 0.25) is 0 Å². The first-order valence-corrected chi connectivity index (χ1v) is 6.96. The molecule has 2 aromatic rings. The minimum Gasteiger partial charge on any atom is -0.319 e. The second kappa shape index (κ2) is 5.79. The fraction of sp³-hybridized carbons (Fsp3) is 0. The van der Waals surface area contributed by atoms with Gasteiger partial charge in [-0.05, 0) is 52.9 Å². The van der Waals surface area contributed by atoms with Crippen LogP contribution < -0.4 is 5.32 Å². The van der Waals surface area contributed by atoms with Crippen LogP contribution in [-0.4, -0.2) is 5.91 Å². The third kappa shape index (κ3) is 3.08. The van der Waals surface area contributed by atoms with Crippen molar-refractivity contribution in [2.45, 2.75) is 0 Å². The van der Waals surface area contributed by atoms with Crippen molar-refractivity contribution in [3.63, 3.8) is 0 Å². The number of nitrogens with one attached hydrogen (secondary N) is 1. The second-order valence-electron chi connectivity index (χ2n) is 3.56. The Morgan fingerprint density at radius 1 is 1.22 bits per heavy atom. The van der Waals surface area contributed by atoms with Gasteiger partial charge in [-0.3, -0.25) is 4.79 Å². The molecule has 0 aliphatic rings. The van der Waals surface area contributed by atoms with Gasteiger partial charge in [0.15, 0.2) is 0 Å². The first kappa shape index (κ1) is 13.5. The zero-order valence-corrected chi connectivity index (χ0v) is 12.8. The fourth-order valence-electron chi connectivity index (χ4n) is 1.42. The maximum atomic E-state index is 13.4. The van der Waals surface area contributed by atoms with Crippen LogP contribution in [-0.2, 0) is 0 Å². The number of hydrogen-bond donors (Lipinski definition) is 1. The van der Waals surface area contributed by atoms with Crippen LogP contribution in [0.5, 0.6) is 0 Å². The van der Waals surface area contributed by atoms with Crippen molar-refractivity contribution in [1.82, 2.24) is 0 Å². The minimum absolute atomic E-state index is 0.179. The summed E-state index contributed by atoms with van der Waals surface area (Å²) in [5.74, 6) is -0.776. The van der Waals surface area contributed by atoms with E-state index in [1.807, 2.05) is 12.1 Å². The monoisotopic (exact) mass is 419 g/mol. The molecule has 0 radical (unpaired) electrons. The summed E-state index contributed by atoms with van der Waals surface area (Å²) in [5, 5.41) is 2.55. The van der Waals surface area contributed by atoms with Crippen LogP contribution in [0.4, 0.5) is 10.1 Å². The molecule has 0 bridgehead atoms. The highest BCUT2D eigenvalue weighted by Gasteiger charge is 2.12. The van der Waals surface area contributed by atoms with Gasteiger partial charge in [-0.25, -0.2) is 4.39 Å². The molecule has 0 unspecified atom stereocenters. The molecular weight excluding hydrogens is 412 g/mol. The number of rotatable bonds is 2. The topological polar surface area (TPSA) is 29.1 Å². The zero-order chi connectivity index (χ0) is 13.1. The molecule has 0 atom stereocenters. The van der Waals surface area contributed by atoms with E-state index in [0.29, 0.717) is 5.56 Å². The molecule has 0 heterocycles. The molecule has 0 fully saturated rings. The molecule has 92 valence electrons. The molecule has 1 N–H and O–H groups in total. The summed E-state index contributed by atoms with van der Waals surface area (Å²) in [7, 11) is 0. The van der Waals surface area contributed by atoms with Crippen molar-refractivity contribution in [3.8, 4) is 0 Å². The molecule has 0 aromatic heterocycles. The maximum absolute atomic E-state index is 13.4. The molecule has 0 aliphatic heterocycles. The van der Waals surface area contributed by atoms with E-state index in [4.69, 9.17) is 0 Å². The number of hydrogen-bond acceptors (Lipinski definition) is 1. The molecule has 1 amide bonds. The number of benzene rings is 2. The lowest BCUT2D eigenvalue weighted by Crippen LogP contribution is -2.14. The van der Waals surface area contributed by atoms with Crippen LogP contribution in [0, 0.1) is 9.39 Å². The van der Waals surface area contributed by atoms with Gasteiger partial charge in [0.25, 0.3) is 5.91 Å². The Labute approximate surface area is 126 Å². The van der Waals surface area contributed by atoms with E-state index in [0.717, 1.165) is 8.04 Å². The first-order chi connectivity index (χ1) is 8.58. The summed E-state index contributed by atoms with van der Waals surface area (Å²) in [5.41, 5.74) is 0.687. The summed E-state index contributed by atoms with van der Waals surface area (Å²) in [6, 6.07) is 11.5. The molecule has 2 rings (SSSR count). The lowest BCUT2D eigenvalue weighted by molar-refractivity contribution is 0.102. The Morgan fingerprint density at radius 2 is 1.94 bits per heavy atom. The third-order valence-electron chi connectivity index (χ3n) is 2.30. The number of halogens is 3. The van der Waals surface area contributed by atoms with E-state index < -0.39 is 5.82 Å². The lowest BCUT2D eigenvalue weighted by atomic mass is 10.2. The Bertz CT molecular complexity index is 603. The van der Waals surface area contributed by atoms with Crippen LogP contribution in [0.3, 0.4) is 0 Å². The molecule has 18 heavy (non-hydrogen) atoms. The first-order valence-electron chi connectivity index (χ1n) is 5.09. The Kier molecular flexibility index (Phi) is 4.34. The lowest BCUT2D eigenvalue weighted by Gasteiger charge is -2.08. The molecule has 0 saturated carbocycles. The van der Waals surface area contributed by atoms with E-state index in [2.05, 4.69) is 43.8 Å². The van der Waals surface area contributed by atoms with Gasteiger partial charge in [0.05, 0.1) is 11.3 Å². The third-order valence-corrected chi connectivity index (χ3v) is 3.73. The molecule has 0 spiro atoms. The standard InChI is InChI=1S/C13H8BrFINO/c14-8-5-6-11(16)9(7-8)13(18)17-12-4-2-1-3-10(12)15/h1-7H,(H,17,18). The number of carbonyl (C=O) groups excluding carboxylic acids is 1. The van der Waals surface area contributed by atoms with Gasteiger partial charge in [-0.2, -0.15) is 0 Å². The number of anilines is 1. The van der Waals surface area contributed by atoms with Crippen LogP contribution in [0.25, 0.3) is 0 Å². The molecule has 2 nitrogen and oxygen atoms in total. The maximum Gasteiger partial charge on any atom is 0.256 e. The normalized spacial score (nSPS) is 10.2. The summed E-state index contributed by atoms with van der Waals surface area (Å²) < 4.78 is 15.0. The van der Waals surface area contributed by atoms with Crippen LogP contribution >= 0.6 is 38.5 Å². The van der Waals surface area contributed by atoms with Crippen molar-refractivity contribution >= 4 is 50.1 Å². The number of carbonyl (C=O) groups is 1. The van der Waals surface area contributed by atoms with Crippen LogP contribution in [0.15, 0.2) is 46.9 Å². The fourth-order valence-corrected chi connectivity index (χ4v) is 2.37. The predicted octanol–water partition coefficient (Wildman–Crippen LogP) is 4.45. The van der Waals surface area contributed by atoms with Crippen molar-refractivity contribution in [2.24, 2.45) is 0 Å². The summed E-state index contributed by atoms with van der Waals surface area (Å²) in [6.45, 7) is 0. The summed E-state index contributed by atoms with van der Waals surface area (Å²) >= 11 is 5.38. The van der Waals surface area contributed by atoms with E-state index in [1.165, 1.54) is 12.1 Å².